The average molecular weight is 200 g/mol. The van der Waals surface area contributed by atoms with E-state index in [9.17, 15) is 0 Å². The Kier molecular flexibility index (Phi) is 9.49. The molecule has 0 aromatic carbocycles. The van der Waals surface area contributed by atoms with E-state index < -0.39 is 0 Å². The second kappa shape index (κ2) is 9.51. The van der Waals surface area contributed by atoms with Crippen LogP contribution in [0, 0.1) is 5.92 Å². The van der Waals surface area contributed by atoms with Crippen LogP contribution in [0.4, 0.5) is 0 Å². The molecule has 0 aromatic rings. The molecule has 1 heteroatoms. The Morgan fingerprint density at radius 1 is 0.786 bits per heavy atom. The molecule has 0 N–H and O–H groups in total. The van der Waals surface area contributed by atoms with E-state index in [2.05, 4.69) is 27.7 Å². The Balaban J connectivity index is 2.92. The molecule has 1 nitrogen and oxygen atoms in total. The first-order valence-corrected chi connectivity index (χ1v) is 6.24. The van der Waals surface area contributed by atoms with E-state index in [0.29, 0.717) is 6.10 Å². The normalized spacial score (nSPS) is 11.6. The number of hydrogen-bond acceptors (Lipinski definition) is 1. The highest BCUT2D eigenvalue weighted by Gasteiger charge is 1.95. The summed E-state index contributed by atoms with van der Waals surface area (Å²) in [6, 6.07) is 0. The van der Waals surface area contributed by atoms with Crippen LogP contribution in [0.15, 0.2) is 0 Å². The van der Waals surface area contributed by atoms with Gasteiger partial charge in [0.1, 0.15) is 0 Å². The second-order valence-corrected chi connectivity index (χ2v) is 4.87. The minimum absolute atomic E-state index is 0.399. The van der Waals surface area contributed by atoms with Gasteiger partial charge in [-0.1, -0.05) is 46.0 Å². The van der Waals surface area contributed by atoms with Crippen LogP contribution in [0.3, 0.4) is 0 Å². The standard InChI is InChI=1S/C13H28O/c1-12(2)10-8-6-5-7-9-11-14-13(3)4/h12-13H,5-11H2,1-4H3. The maximum atomic E-state index is 5.49. The molecule has 14 heavy (non-hydrogen) atoms. The van der Waals surface area contributed by atoms with Crippen molar-refractivity contribution in [1.82, 2.24) is 0 Å². The average Bonchev–Trinajstić information content (AvgIpc) is 2.08. The number of hydrogen-bond donors (Lipinski definition) is 0. The van der Waals surface area contributed by atoms with Crippen molar-refractivity contribution in [3.63, 3.8) is 0 Å². The molecule has 0 aliphatic rings. The molecule has 0 saturated heterocycles. The minimum Gasteiger partial charge on any atom is -0.379 e. The summed E-state index contributed by atoms with van der Waals surface area (Å²) in [4.78, 5) is 0. The molecular formula is C13H28O. The van der Waals surface area contributed by atoms with Gasteiger partial charge in [0.25, 0.3) is 0 Å². The van der Waals surface area contributed by atoms with E-state index in [-0.39, 0.29) is 0 Å². The highest BCUT2D eigenvalue weighted by atomic mass is 16.5. The van der Waals surface area contributed by atoms with Crippen LogP contribution >= 0.6 is 0 Å². The first-order chi connectivity index (χ1) is 6.63. The van der Waals surface area contributed by atoms with Crippen molar-refractivity contribution in [2.24, 2.45) is 5.92 Å². The molecule has 0 fully saturated rings. The summed E-state index contributed by atoms with van der Waals surface area (Å²) in [5, 5.41) is 0. The van der Waals surface area contributed by atoms with Crippen molar-refractivity contribution in [1.29, 1.82) is 0 Å². The molecular weight excluding hydrogens is 172 g/mol. The van der Waals surface area contributed by atoms with Crippen LogP contribution < -0.4 is 0 Å². The van der Waals surface area contributed by atoms with Gasteiger partial charge in [0.05, 0.1) is 6.10 Å². The predicted molar refractivity (Wildman–Crippen MR) is 63.6 cm³/mol. The van der Waals surface area contributed by atoms with Crippen molar-refractivity contribution in [3.05, 3.63) is 0 Å². The Morgan fingerprint density at radius 3 is 1.93 bits per heavy atom. The lowest BCUT2D eigenvalue weighted by molar-refractivity contribution is 0.0756. The summed E-state index contributed by atoms with van der Waals surface area (Å²) in [5.74, 6) is 0.874. The van der Waals surface area contributed by atoms with E-state index in [1.807, 2.05) is 0 Å². The molecule has 0 saturated carbocycles. The third kappa shape index (κ3) is 12.0. The highest BCUT2D eigenvalue weighted by Crippen LogP contribution is 2.10. The van der Waals surface area contributed by atoms with Crippen molar-refractivity contribution in [2.45, 2.75) is 72.3 Å². The quantitative estimate of drug-likeness (QED) is 0.501. The van der Waals surface area contributed by atoms with Crippen LogP contribution in [0.2, 0.25) is 0 Å². The molecule has 0 heterocycles. The fourth-order valence-corrected chi connectivity index (χ4v) is 1.50. The number of rotatable bonds is 9. The SMILES string of the molecule is CC(C)CCCCCCCOC(C)C. The van der Waals surface area contributed by atoms with Crippen molar-refractivity contribution in [3.8, 4) is 0 Å². The van der Waals surface area contributed by atoms with Gasteiger partial charge in [-0.3, -0.25) is 0 Å². The first-order valence-electron chi connectivity index (χ1n) is 6.24. The summed E-state index contributed by atoms with van der Waals surface area (Å²) >= 11 is 0. The first kappa shape index (κ1) is 14.0. The second-order valence-electron chi connectivity index (χ2n) is 4.87. The van der Waals surface area contributed by atoms with Gasteiger partial charge >= 0.3 is 0 Å². The lowest BCUT2D eigenvalue weighted by atomic mass is 10.0. The van der Waals surface area contributed by atoms with Gasteiger partial charge in [-0.05, 0) is 26.2 Å². The zero-order chi connectivity index (χ0) is 10.8. The zero-order valence-electron chi connectivity index (χ0n) is 10.5. The Hall–Kier alpha value is -0.0400. The Labute approximate surface area is 90.2 Å². The molecule has 0 amide bonds. The highest BCUT2D eigenvalue weighted by molar-refractivity contribution is 4.48. The molecule has 0 bridgehead atoms. The van der Waals surface area contributed by atoms with Gasteiger partial charge in [0, 0.05) is 6.61 Å². The summed E-state index contributed by atoms with van der Waals surface area (Å²) in [6.07, 6.45) is 8.56. The van der Waals surface area contributed by atoms with E-state index in [1.54, 1.807) is 0 Å². The van der Waals surface area contributed by atoms with Crippen molar-refractivity contribution in [2.75, 3.05) is 6.61 Å². The lowest BCUT2D eigenvalue weighted by Gasteiger charge is -2.07. The van der Waals surface area contributed by atoms with Gasteiger partial charge in [-0.25, -0.2) is 0 Å². The van der Waals surface area contributed by atoms with Crippen LogP contribution in [-0.4, -0.2) is 12.7 Å². The number of unbranched alkanes of at least 4 members (excludes halogenated alkanes) is 4. The Morgan fingerprint density at radius 2 is 1.36 bits per heavy atom. The summed E-state index contributed by atoms with van der Waals surface area (Å²) in [5.41, 5.74) is 0. The maximum Gasteiger partial charge on any atom is 0.0518 e. The molecule has 0 atom stereocenters. The van der Waals surface area contributed by atoms with E-state index >= 15 is 0 Å². The van der Waals surface area contributed by atoms with E-state index in [1.165, 1.54) is 38.5 Å². The molecule has 0 rings (SSSR count). The maximum absolute atomic E-state index is 5.49. The van der Waals surface area contributed by atoms with Crippen molar-refractivity contribution >= 4 is 0 Å². The summed E-state index contributed by atoms with van der Waals surface area (Å²) in [6.45, 7) is 9.75. The molecule has 86 valence electrons. The van der Waals surface area contributed by atoms with Crippen LogP contribution in [0.1, 0.15) is 66.2 Å². The molecule has 0 spiro atoms. The molecule has 0 aliphatic heterocycles. The smallest absolute Gasteiger partial charge is 0.0518 e. The molecule has 0 unspecified atom stereocenters. The third-order valence-corrected chi connectivity index (χ3v) is 2.38. The molecule has 0 aromatic heterocycles. The van der Waals surface area contributed by atoms with E-state index in [0.717, 1.165) is 12.5 Å². The third-order valence-electron chi connectivity index (χ3n) is 2.38. The lowest BCUT2D eigenvalue weighted by Crippen LogP contribution is -2.03. The van der Waals surface area contributed by atoms with Gasteiger partial charge in [0.15, 0.2) is 0 Å². The van der Waals surface area contributed by atoms with Gasteiger partial charge < -0.3 is 4.74 Å². The van der Waals surface area contributed by atoms with E-state index in [4.69, 9.17) is 4.74 Å². The molecule has 0 aliphatic carbocycles. The minimum atomic E-state index is 0.399. The number of ether oxygens (including phenoxy) is 1. The zero-order valence-corrected chi connectivity index (χ0v) is 10.5. The van der Waals surface area contributed by atoms with Gasteiger partial charge in [-0.15, -0.1) is 0 Å². The van der Waals surface area contributed by atoms with Gasteiger partial charge in [0.2, 0.25) is 0 Å². The van der Waals surface area contributed by atoms with Gasteiger partial charge in [-0.2, -0.15) is 0 Å². The topological polar surface area (TPSA) is 9.23 Å². The molecule has 0 radical (unpaired) electrons. The largest absolute Gasteiger partial charge is 0.379 e. The fraction of sp³-hybridized carbons (Fsp3) is 1.00. The predicted octanol–water partition coefficient (Wildman–Crippen LogP) is 4.41. The monoisotopic (exact) mass is 200 g/mol. The fourth-order valence-electron chi connectivity index (χ4n) is 1.50. The van der Waals surface area contributed by atoms with Crippen LogP contribution in [-0.2, 0) is 4.74 Å². The van der Waals surface area contributed by atoms with Crippen molar-refractivity contribution < 1.29 is 4.74 Å². The Bertz CT molecular complexity index is 93.8. The van der Waals surface area contributed by atoms with Crippen LogP contribution in [0.5, 0.6) is 0 Å². The van der Waals surface area contributed by atoms with Crippen LogP contribution in [0.25, 0.3) is 0 Å². The summed E-state index contributed by atoms with van der Waals surface area (Å²) < 4.78 is 5.49. The summed E-state index contributed by atoms with van der Waals surface area (Å²) in [7, 11) is 0.